The van der Waals surface area contributed by atoms with Crippen LogP contribution in [0.5, 0.6) is 5.88 Å². The number of pyridine rings is 1. The number of esters is 1. The summed E-state index contributed by atoms with van der Waals surface area (Å²) >= 11 is 5.74. The van der Waals surface area contributed by atoms with Crippen LogP contribution in [0.15, 0.2) is 11.0 Å². The fraction of sp³-hybridized carbons (Fsp3) is 0.467. The maximum absolute atomic E-state index is 12.5. The zero-order valence-electron chi connectivity index (χ0n) is 13.5. The summed E-state index contributed by atoms with van der Waals surface area (Å²) in [6, 6.07) is -0.490. The van der Waals surface area contributed by atoms with Gasteiger partial charge in [-0.05, 0) is 12.8 Å². The molecule has 24 heavy (non-hydrogen) atoms. The van der Waals surface area contributed by atoms with E-state index in [0.717, 1.165) is 0 Å². The Kier molecular flexibility index (Phi) is 5.40. The molecular formula is C15H18ClN3O5. The predicted molar refractivity (Wildman–Crippen MR) is 87.4 cm³/mol. The van der Waals surface area contributed by atoms with Crippen molar-refractivity contribution < 1.29 is 19.7 Å². The number of halogens is 1. The van der Waals surface area contributed by atoms with E-state index in [9.17, 15) is 19.8 Å². The monoisotopic (exact) mass is 355 g/mol. The standard InChI is InChI=1S/C15H18ClN3O5/c1-4-24-15(23)8-5-19(9(6-20)7(2)3)13-10(11(8)21)17-12(16)14(22)18-13/h5,7,9,20H,4,6H2,1-3H3,(H,18,22)/t9-/m1/s1. The first-order valence-corrected chi connectivity index (χ1v) is 7.78. The highest BCUT2D eigenvalue weighted by molar-refractivity contribution is 6.30. The fourth-order valence-electron chi connectivity index (χ4n) is 2.34. The smallest absolute Gasteiger partial charge is 0.343 e. The zero-order valence-corrected chi connectivity index (χ0v) is 14.2. The molecule has 0 aromatic carbocycles. The second-order valence-corrected chi connectivity index (χ2v) is 5.86. The van der Waals surface area contributed by atoms with Gasteiger partial charge in [0.1, 0.15) is 5.56 Å². The van der Waals surface area contributed by atoms with Crippen LogP contribution in [-0.2, 0) is 4.74 Å². The molecule has 8 nitrogen and oxygen atoms in total. The van der Waals surface area contributed by atoms with Gasteiger partial charge in [0.2, 0.25) is 5.43 Å². The van der Waals surface area contributed by atoms with E-state index in [4.69, 9.17) is 16.3 Å². The van der Waals surface area contributed by atoms with Gasteiger partial charge in [0, 0.05) is 6.20 Å². The summed E-state index contributed by atoms with van der Waals surface area (Å²) < 4.78 is 6.34. The highest BCUT2D eigenvalue weighted by atomic mass is 35.5. The third-order valence-electron chi connectivity index (χ3n) is 3.60. The van der Waals surface area contributed by atoms with Crippen molar-refractivity contribution in [3.8, 4) is 5.88 Å². The molecule has 2 heterocycles. The van der Waals surface area contributed by atoms with Crippen molar-refractivity contribution in [2.24, 2.45) is 5.92 Å². The van der Waals surface area contributed by atoms with E-state index in [-0.39, 0.29) is 41.0 Å². The van der Waals surface area contributed by atoms with Crippen molar-refractivity contribution >= 4 is 28.7 Å². The molecule has 0 aliphatic carbocycles. The number of carbonyl (C=O) groups is 1. The average Bonchev–Trinajstić information content (AvgIpc) is 2.52. The summed E-state index contributed by atoms with van der Waals surface area (Å²) in [6.07, 6.45) is 1.27. The summed E-state index contributed by atoms with van der Waals surface area (Å²) in [4.78, 5) is 32.3. The Morgan fingerprint density at radius 2 is 2.08 bits per heavy atom. The first kappa shape index (κ1) is 18.2. The molecule has 0 saturated carbocycles. The van der Waals surface area contributed by atoms with E-state index in [0.29, 0.717) is 0 Å². The number of hydrogen-bond acceptors (Lipinski definition) is 7. The molecule has 2 aromatic heterocycles. The zero-order chi connectivity index (χ0) is 18.0. The number of hydrogen-bond donors (Lipinski definition) is 2. The van der Waals surface area contributed by atoms with E-state index in [1.165, 1.54) is 10.8 Å². The van der Waals surface area contributed by atoms with Gasteiger partial charge in [-0.15, -0.1) is 0 Å². The Balaban J connectivity index is 2.88. The van der Waals surface area contributed by atoms with Crippen LogP contribution in [0.2, 0.25) is 5.15 Å². The number of aliphatic hydroxyl groups is 1. The number of nitrogens with zero attached hydrogens (tertiary/aromatic N) is 3. The Hall–Kier alpha value is -2.19. The highest BCUT2D eigenvalue weighted by Crippen LogP contribution is 2.25. The maximum atomic E-state index is 12.5. The molecule has 1 atom stereocenters. The minimum atomic E-state index is -0.801. The minimum absolute atomic E-state index is 0.0303. The molecule has 0 bridgehead atoms. The van der Waals surface area contributed by atoms with Gasteiger partial charge < -0.3 is 19.5 Å². The number of fused-ring (bicyclic) bond motifs is 1. The summed E-state index contributed by atoms with van der Waals surface area (Å²) in [5.74, 6) is -1.39. The second-order valence-electron chi connectivity index (χ2n) is 5.50. The van der Waals surface area contributed by atoms with Gasteiger partial charge in [-0.2, -0.15) is 4.98 Å². The molecule has 9 heteroatoms. The number of aliphatic hydroxyl groups excluding tert-OH is 1. The Bertz CT molecular complexity index is 834. The van der Waals surface area contributed by atoms with E-state index >= 15 is 0 Å². The molecule has 2 rings (SSSR count). The molecule has 0 saturated heterocycles. The molecule has 0 amide bonds. The topological polar surface area (TPSA) is 115 Å². The molecule has 0 unspecified atom stereocenters. The molecule has 0 radical (unpaired) electrons. The molecule has 2 N–H and O–H groups in total. The molecule has 0 aliphatic heterocycles. The van der Waals surface area contributed by atoms with Gasteiger partial charge in [-0.3, -0.25) is 4.79 Å². The van der Waals surface area contributed by atoms with Crippen LogP contribution in [0.1, 0.15) is 37.2 Å². The van der Waals surface area contributed by atoms with E-state index in [1.54, 1.807) is 6.92 Å². The van der Waals surface area contributed by atoms with Crippen molar-refractivity contribution in [3.63, 3.8) is 0 Å². The molecule has 0 fully saturated rings. The first-order valence-electron chi connectivity index (χ1n) is 7.41. The van der Waals surface area contributed by atoms with Crippen molar-refractivity contribution in [2.75, 3.05) is 13.2 Å². The average molecular weight is 356 g/mol. The third-order valence-corrected chi connectivity index (χ3v) is 3.85. The molecule has 130 valence electrons. The normalized spacial score (nSPS) is 12.6. The Morgan fingerprint density at radius 1 is 1.42 bits per heavy atom. The number of aromatic hydroxyl groups is 1. The van der Waals surface area contributed by atoms with Gasteiger partial charge in [0.25, 0.3) is 5.88 Å². The lowest BCUT2D eigenvalue weighted by molar-refractivity contribution is 0.0523. The molecular weight excluding hydrogens is 338 g/mol. The lowest BCUT2D eigenvalue weighted by Gasteiger charge is -2.24. The lowest BCUT2D eigenvalue weighted by Crippen LogP contribution is -2.27. The van der Waals surface area contributed by atoms with Crippen molar-refractivity contribution in [1.82, 2.24) is 14.5 Å². The predicted octanol–water partition coefficient (Wildman–Crippen LogP) is 1.52. The van der Waals surface area contributed by atoms with Crippen molar-refractivity contribution in [3.05, 3.63) is 27.1 Å². The van der Waals surface area contributed by atoms with Gasteiger partial charge in [-0.25, -0.2) is 9.78 Å². The number of aromatic nitrogens is 3. The highest BCUT2D eigenvalue weighted by Gasteiger charge is 2.24. The van der Waals surface area contributed by atoms with E-state index in [2.05, 4.69) is 9.97 Å². The van der Waals surface area contributed by atoms with Crippen LogP contribution < -0.4 is 5.43 Å². The Labute approximate surface area is 142 Å². The van der Waals surface area contributed by atoms with Gasteiger partial charge in [0.05, 0.1) is 19.3 Å². The lowest BCUT2D eigenvalue weighted by atomic mass is 10.0. The molecule has 2 aromatic rings. The van der Waals surface area contributed by atoms with Crippen LogP contribution in [0, 0.1) is 5.92 Å². The quantitative estimate of drug-likeness (QED) is 0.781. The number of carbonyl (C=O) groups excluding carboxylic acids is 1. The SMILES string of the molecule is CCOC(=O)c1cn([C@H](CO)C(C)C)c2nc(O)c(Cl)nc2c1=O. The third kappa shape index (κ3) is 3.20. The minimum Gasteiger partial charge on any atom is -0.491 e. The van der Waals surface area contributed by atoms with Crippen LogP contribution >= 0.6 is 11.6 Å². The van der Waals surface area contributed by atoms with Gasteiger partial charge in [0.15, 0.2) is 16.3 Å². The number of rotatable bonds is 5. The van der Waals surface area contributed by atoms with Crippen LogP contribution in [-0.4, -0.2) is 43.9 Å². The van der Waals surface area contributed by atoms with Crippen LogP contribution in [0.25, 0.3) is 11.2 Å². The summed E-state index contributed by atoms with van der Waals surface area (Å²) in [6.45, 7) is 5.18. The van der Waals surface area contributed by atoms with E-state index < -0.39 is 23.3 Å². The molecule has 0 aliphatic rings. The summed E-state index contributed by atoms with van der Waals surface area (Å²) in [7, 11) is 0. The first-order chi connectivity index (χ1) is 11.3. The summed E-state index contributed by atoms with van der Waals surface area (Å²) in [5.41, 5.74) is -1.08. The van der Waals surface area contributed by atoms with Crippen LogP contribution in [0.4, 0.5) is 0 Å². The van der Waals surface area contributed by atoms with E-state index in [1.807, 2.05) is 13.8 Å². The van der Waals surface area contributed by atoms with Gasteiger partial charge >= 0.3 is 5.97 Å². The van der Waals surface area contributed by atoms with Crippen molar-refractivity contribution in [1.29, 1.82) is 0 Å². The van der Waals surface area contributed by atoms with Crippen molar-refractivity contribution in [2.45, 2.75) is 26.8 Å². The molecule has 0 spiro atoms. The largest absolute Gasteiger partial charge is 0.491 e. The van der Waals surface area contributed by atoms with Gasteiger partial charge in [-0.1, -0.05) is 25.4 Å². The maximum Gasteiger partial charge on any atom is 0.343 e. The second kappa shape index (κ2) is 7.14. The summed E-state index contributed by atoms with van der Waals surface area (Å²) in [5, 5.41) is 19.0. The fourth-order valence-corrected chi connectivity index (χ4v) is 2.47. The number of ether oxygens (including phenoxy) is 1. The van der Waals surface area contributed by atoms with Crippen LogP contribution in [0.3, 0.4) is 0 Å². The Morgan fingerprint density at radius 3 is 2.62 bits per heavy atom.